The molecule has 1 N–H and O–H groups in total. The number of nitrogens with zero attached hydrogens (tertiary/aromatic N) is 1. The maximum absolute atomic E-state index is 13.0. The van der Waals surface area contributed by atoms with Gasteiger partial charge in [0.15, 0.2) is 0 Å². The van der Waals surface area contributed by atoms with Crippen molar-refractivity contribution < 1.29 is 23.4 Å². The van der Waals surface area contributed by atoms with Crippen LogP contribution in [0.1, 0.15) is 17.6 Å². The number of hydrogen-bond donors (Lipinski definition) is 1. The lowest BCUT2D eigenvalue weighted by Crippen LogP contribution is -2.06. The molecule has 0 atom stereocenters. The molecule has 1 heterocycles. The van der Waals surface area contributed by atoms with Gasteiger partial charge in [-0.1, -0.05) is 36.4 Å². The van der Waals surface area contributed by atoms with Gasteiger partial charge in [0.2, 0.25) is 0 Å². The molecule has 0 aliphatic carbocycles. The summed E-state index contributed by atoms with van der Waals surface area (Å²) < 4.78 is 30.8. The number of halogens is 2. The summed E-state index contributed by atoms with van der Waals surface area (Å²) in [5, 5.41) is 9.24. The quantitative estimate of drug-likeness (QED) is 0.671. The van der Waals surface area contributed by atoms with Crippen molar-refractivity contribution in [1.29, 1.82) is 0 Å². The molecule has 0 fully saturated rings. The van der Waals surface area contributed by atoms with Crippen molar-refractivity contribution in [1.82, 2.24) is 4.98 Å². The molecule has 0 amide bonds. The first-order valence-electron chi connectivity index (χ1n) is 7.16. The first-order chi connectivity index (χ1) is 11.5. The number of benzene rings is 2. The summed E-state index contributed by atoms with van der Waals surface area (Å²) in [6.07, 6.45) is -4.17. The second-order valence-corrected chi connectivity index (χ2v) is 5.23. The maximum atomic E-state index is 13.0. The summed E-state index contributed by atoms with van der Waals surface area (Å²) in [6, 6.07) is 13.1. The molecule has 4 nitrogen and oxygen atoms in total. The largest absolute Gasteiger partial charge is 0.511 e. The Morgan fingerprint density at radius 1 is 1.17 bits per heavy atom. The van der Waals surface area contributed by atoms with Gasteiger partial charge >= 0.3 is 6.16 Å². The highest BCUT2D eigenvalue weighted by atomic mass is 19.3. The van der Waals surface area contributed by atoms with Crippen LogP contribution < -0.4 is 4.74 Å². The zero-order valence-corrected chi connectivity index (χ0v) is 12.7. The maximum Gasteiger partial charge on any atom is 0.511 e. The van der Waals surface area contributed by atoms with Crippen LogP contribution in [0, 0.1) is 6.92 Å². The van der Waals surface area contributed by atoms with Gasteiger partial charge in [0.25, 0.3) is 6.43 Å². The Hall–Kier alpha value is -3.02. The van der Waals surface area contributed by atoms with Gasteiger partial charge < -0.3 is 9.84 Å². The van der Waals surface area contributed by atoms with E-state index in [1.165, 1.54) is 18.2 Å². The predicted molar refractivity (Wildman–Crippen MR) is 85.5 cm³/mol. The van der Waals surface area contributed by atoms with E-state index in [1.54, 1.807) is 6.92 Å². The Labute approximate surface area is 136 Å². The molecule has 6 heteroatoms. The van der Waals surface area contributed by atoms with Crippen LogP contribution in [0.25, 0.3) is 22.2 Å². The van der Waals surface area contributed by atoms with Gasteiger partial charge in [0.1, 0.15) is 5.75 Å². The number of fused-ring (bicyclic) bond motifs is 1. The van der Waals surface area contributed by atoms with Crippen molar-refractivity contribution >= 4 is 17.1 Å². The Balaban J connectivity index is 2.31. The topological polar surface area (TPSA) is 59.4 Å². The number of aromatic nitrogens is 1. The number of alkyl halides is 2. The number of rotatable bonds is 3. The van der Waals surface area contributed by atoms with E-state index >= 15 is 0 Å². The highest BCUT2D eigenvalue weighted by molar-refractivity contribution is 5.92. The third-order valence-electron chi connectivity index (χ3n) is 3.68. The lowest BCUT2D eigenvalue weighted by atomic mass is 10.0. The van der Waals surface area contributed by atoms with Crippen LogP contribution in [-0.4, -0.2) is 16.2 Å². The third kappa shape index (κ3) is 2.90. The van der Waals surface area contributed by atoms with Crippen LogP contribution in [0.3, 0.4) is 0 Å². The normalized spacial score (nSPS) is 11.0. The SMILES string of the molecule is Cc1c(-c2ccccc2)nc2ccc(C(F)F)cc2c1OC(=O)O. The second kappa shape index (κ2) is 6.23. The lowest BCUT2D eigenvalue weighted by molar-refractivity contribution is 0.144. The van der Waals surface area contributed by atoms with Gasteiger partial charge in [-0.2, -0.15) is 0 Å². The molecule has 3 aromatic rings. The molecule has 3 rings (SSSR count). The Morgan fingerprint density at radius 2 is 1.88 bits per heavy atom. The summed E-state index contributed by atoms with van der Waals surface area (Å²) >= 11 is 0. The summed E-state index contributed by atoms with van der Waals surface area (Å²) in [7, 11) is 0. The molecule has 0 unspecified atom stereocenters. The molecule has 0 saturated carbocycles. The average Bonchev–Trinajstić information content (AvgIpc) is 2.57. The zero-order valence-electron chi connectivity index (χ0n) is 12.7. The number of hydrogen-bond acceptors (Lipinski definition) is 3. The number of pyridine rings is 1. The van der Waals surface area contributed by atoms with Crippen LogP contribution >= 0.6 is 0 Å². The van der Waals surface area contributed by atoms with E-state index in [0.29, 0.717) is 16.8 Å². The molecular formula is C18H13F2NO3. The predicted octanol–water partition coefficient (Wildman–Crippen LogP) is 5.20. The van der Waals surface area contributed by atoms with Gasteiger partial charge in [-0.25, -0.2) is 18.6 Å². The van der Waals surface area contributed by atoms with E-state index in [1.807, 2.05) is 30.3 Å². The summed E-state index contributed by atoms with van der Waals surface area (Å²) in [5.74, 6) is 0.0221. The van der Waals surface area contributed by atoms with Crippen LogP contribution in [0.2, 0.25) is 0 Å². The number of carbonyl (C=O) groups is 1. The van der Waals surface area contributed by atoms with Gasteiger partial charge in [0.05, 0.1) is 11.2 Å². The van der Waals surface area contributed by atoms with Crippen LogP contribution in [0.15, 0.2) is 48.5 Å². The van der Waals surface area contributed by atoms with E-state index in [2.05, 4.69) is 4.98 Å². The Kier molecular flexibility index (Phi) is 4.12. The molecular weight excluding hydrogens is 316 g/mol. The lowest BCUT2D eigenvalue weighted by Gasteiger charge is -2.14. The summed E-state index contributed by atoms with van der Waals surface area (Å²) in [6.45, 7) is 1.65. The number of ether oxygens (including phenoxy) is 1. The standard InChI is InChI=1S/C18H13F2NO3/c1-10-15(11-5-3-2-4-6-11)21-14-8-7-12(17(19)20)9-13(14)16(10)24-18(22)23/h2-9,17H,1H3,(H,22,23). The van der Waals surface area contributed by atoms with E-state index in [0.717, 1.165) is 5.56 Å². The number of carboxylic acid groups (broad SMARTS) is 1. The zero-order chi connectivity index (χ0) is 17.3. The fourth-order valence-corrected chi connectivity index (χ4v) is 2.58. The minimum atomic E-state index is -2.67. The molecule has 0 saturated heterocycles. The Bertz CT molecular complexity index is 911. The fraction of sp³-hybridized carbons (Fsp3) is 0.111. The van der Waals surface area contributed by atoms with Crippen LogP contribution in [-0.2, 0) is 0 Å². The third-order valence-corrected chi connectivity index (χ3v) is 3.68. The molecule has 0 aliphatic rings. The molecule has 0 spiro atoms. The molecule has 1 aromatic heterocycles. The van der Waals surface area contributed by atoms with Gasteiger partial charge in [-0.15, -0.1) is 0 Å². The van der Waals surface area contributed by atoms with Crippen LogP contribution in [0.5, 0.6) is 5.75 Å². The van der Waals surface area contributed by atoms with Gasteiger partial charge in [-0.3, -0.25) is 0 Å². The second-order valence-electron chi connectivity index (χ2n) is 5.23. The van der Waals surface area contributed by atoms with Gasteiger partial charge in [-0.05, 0) is 19.1 Å². The van der Waals surface area contributed by atoms with Gasteiger partial charge in [0, 0.05) is 22.1 Å². The molecule has 0 aliphatic heterocycles. The monoisotopic (exact) mass is 329 g/mol. The van der Waals surface area contributed by atoms with Crippen molar-refractivity contribution in [3.8, 4) is 17.0 Å². The molecule has 2 aromatic carbocycles. The van der Waals surface area contributed by atoms with E-state index in [4.69, 9.17) is 9.84 Å². The minimum Gasteiger partial charge on any atom is -0.449 e. The average molecular weight is 329 g/mol. The molecule has 122 valence electrons. The van der Waals surface area contributed by atoms with Crippen molar-refractivity contribution in [3.05, 3.63) is 59.7 Å². The Morgan fingerprint density at radius 3 is 2.50 bits per heavy atom. The van der Waals surface area contributed by atoms with E-state index < -0.39 is 12.6 Å². The first kappa shape index (κ1) is 15.9. The van der Waals surface area contributed by atoms with Crippen molar-refractivity contribution in [2.24, 2.45) is 0 Å². The molecule has 0 bridgehead atoms. The smallest absolute Gasteiger partial charge is 0.449 e. The van der Waals surface area contributed by atoms with Crippen molar-refractivity contribution in [2.45, 2.75) is 13.3 Å². The fourth-order valence-electron chi connectivity index (χ4n) is 2.58. The highest BCUT2D eigenvalue weighted by Gasteiger charge is 2.18. The van der Waals surface area contributed by atoms with Crippen molar-refractivity contribution in [2.75, 3.05) is 0 Å². The molecule has 0 radical (unpaired) electrons. The minimum absolute atomic E-state index is 0.0221. The van der Waals surface area contributed by atoms with Crippen LogP contribution in [0.4, 0.5) is 13.6 Å². The highest BCUT2D eigenvalue weighted by Crippen LogP contribution is 2.36. The first-order valence-corrected chi connectivity index (χ1v) is 7.16. The van der Waals surface area contributed by atoms with Crippen molar-refractivity contribution in [3.63, 3.8) is 0 Å². The summed E-state index contributed by atoms with van der Waals surface area (Å²) in [4.78, 5) is 15.5. The van der Waals surface area contributed by atoms with E-state index in [-0.39, 0.29) is 16.7 Å². The molecule has 24 heavy (non-hydrogen) atoms. The summed E-state index contributed by atoms with van der Waals surface area (Å²) in [5.41, 5.74) is 1.98. The van der Waals surface area contributed by atoms with E-state index in [9.17, 15) is 13.6 Å².